The SMILES string of the molecule is COC(=O)CCNC(=O)c1cc(C)nc2ccccc12. The van der Waals surface area contributed by atoms with Gasteiger partial charge in [0.15, 0.2) is 0 Å². The second-order valence-corrected chi connectivity index (χ2v) is 4.41. The summed E-state index contributed by atoms with van der Waals surface area (Å²) in [6.45, 7) is 2.10. The number of nitrogens with one attached hydrogen (secondary N) is 1. The third-order valence-corrected chi connectivity index (χ3v) is 2.93. The molecule has 0 atom stereocenters. The van der Waals surface area contributed by atoms with Gasteiger partial charge in [-0.25, -0.2) is 0 Å². The summed E-state index contributed by atoms with van der Waals surface area (Å²) in [6.07, 6.45) is 0.157. The number of esters is 1. The van der Waals surface area contributed by atoms with Crippen LogP contribution < -0.4 is 5.32 Å². The lowest BCUT2D eigenvalue weighted by Gasteiger charge is -2.08. The zero-order valence-corrected chi connectivity index (χ0v) is 11.5. The van der Waals surface area contributed by atoms with Crippen LogP contribution >= 0.6 is 0 Å². The van der Waals surface area contributed by atoms with Crippen molar-refractivity contribution in [2.24, 2.45) is 0 Å². The first-order valence-electron chi connectivity index (χ1n) is 6.33. The minimum absolute atomic E-state index is 0.157. The molecular weight excluding hydrogens is 256 g/mol. The van der Waals surface area contributed by atoms with E-state index < -0.39 is 0 Å². The Kier molecular flexibility index (Phi) is 4.30. The maximum atomic E-state index is 12.2. The molecule has 1 N–H and O–H groups in total. The molecule has 1 heterocycles. The highest BCUT2D eigenvalue weighted by Gasteiger charge is 2.11. The van der Waals surface area contributed by atoms with E-state index in [1.807, 2.05) is 31.2 Å². The molecule has 0 saturated heterocycles. The van der Waals surface area contributed by atoms with Gasteiger partial charge in [-0.2, -0.15) is 0 Å². The molecule has 0 spiro atoms. The number of ether oxygens (including phenoxy) is 1. The number of rotatable bonds is 4. The number of carbonyl (C=O) groups excluding carboxylic acids is 2. The van der Waals surface area contributed by atoms with Gasteiger partial charge in [0.1, 0.15) is 0 Å². The van der Waals surface area contributed by atoms with Crippen LogP contribution in [0.1, 0.15) is 22.5 Å². The minimum Gasteiger partial charge on any atom is -0.469 e. The van der Waals surface area contributed by atoms with Crippen molar-refractivity contribution in [2.75, 3.05) is 13.7 Å². The molecule has 1 aromatic heterocycles. The van der Waals surface area contributed by atoms with Crippen LogP contribution in [0.15, 0.2) is 30.3 Å². The number of hydrogen-bond donors (Lipinski definition) is 1. The predicted molar refractivity (Wildman–Crippen MR) is 75.4 cm³/mol. The van der Waals surface area contributed by atoms with Crippen molar-refractivity contribution in [2.45, 2.75) is 13.3 Å². The Labute approximate surface area is 117 Å². The summed E-state index contributed by atoms with van der Waals surface area (Å²) in [4.78, 5) is 27.6. The van der Waals surface area contributed by atoms with E-state index in [2.05, 4.69) is 15.0 Å². The molecule has 0 unspecified atom stereocenters. The molecule has 2 rings (SSSR count). The Morgan fingerprint density at radius 3 is 2.80 bits per heavy atom. The number of aromatic nitrogens is 1. The standard InChI is InChI=1S/C15H16N2O3/c1-10-9-12(11-5-3-4-6-13(11)17-10)15(19)16-8-7-14(18)20-2/h3-6,9H,7-8H2,1-2H3,(H,16,19). The molecule has 1 amide bonds. The molecule has 104 valence electrons. The Balaban J connectivity index is 2.19. The van der Waals surface area contributed by atoms with Gasteiger partial charge in [0, 0.05) is 17.6 Å². The number of para-hydroxylation sites is 1. The van der Waals surface area contributed by atoms with Crippen molar-refractivity contribution in [3.05, 3.63) is 41.6 Å². The summed E-state index contributed by atoms with van der Waals surface area (Å²) in [6, 6.07) is 9.22. The van der Waals surface area contributed by atoms with Gasteiger partial charge in [-0.05, 0) is 19.1 Å². The van der Waals surface area contributed by atoms with Crippen molar-refractivity contribution in [3.8, 4) is 0 Å². The highest BCUT2D eigenvalue weighted by Crippen LogP contribution is 2.17. The van der Waals surface area contributed by atoms with E-state index in [4.69, 9.17) is 0 Å². The van der Waals surface area contributed by atoms with Gasteiger partial charge in [0.05, 0.1) is 24.6 Å². The highest BCUT2D eigenvalue weighted by molar-refractivity contribution is 6.06. The van der Waals surface area contributed by atoms with Gasteiger partial charge in [-0.1, -0.05) is 18.2 Å². The Bertz CT molecular complexity index is 653. The smallest absolute Gasteiger partial charge is 0.307 e. The van der Waals surface area contributed by atoms with Crippen molar-refractivity contribution in [1.29, 1.82) is 0 Å². The fourth-order valence-electron chi connectivity index (χ4n) is 1.97. The minimum atomic E-state index is -0.346. The number of nitrogens with zero attached hydrogens (tertiary/aromatic N) is 1. The number of hydrogen-bond acceptors (Lipinski definition) is 4. The number of methoxy groups -OCH3 is 1. The summed E-state index contributed by atoms with van der Waals surface area (Å²) in [5.41, 5.74) is 2.13. The molecule has 0 fully saturated rings. The Morgan fingerprint density at radius 1 is 1.30 bits per heavy atom. The van der Waals surface area contributed by atoms with E-state index >= 15 is 0 Å². The first kappa shape index (κ1) is 14.0. The highest BCUT2D eigenvalue weighted by atomic mass is 16.5. The summed E-state index contributed by atoms with van der Waals surface area (Å²) in [5.74, 6) is -0.559. The first-order chi connectivity index (χ1) is 9.61. The van der Waals surface area contributed by atoms with Crippen LogP contribution in [0.2, 0.25) is 0 Å². The second-order valence-electron chi connectivity index (χ2n) is 4.41. The predicted octanol–water partition coefficient (Wildman–Crippen LogP) is 1.84. The summed E-state index contributed by atoms with van der Waals surface area (Å²) in [5, 5.41) is 3.52. The molecule has 0 aliphatic heterocycles. The molecule has 0 bridgehead atoms. The fraction of sp³-hybridized carbons (Fsp3) is 0.267. The number of amides is 1. The number of carbonyl (C=O) groups is 2. The van der Waals surface area contributed by atoms with Crippen LogP contribution in [0.3, 0.4) is 0 Å². The van der Waals surface area contributed by atoms with E-state index in [9.17, 15) is 9.59 Å². The average Bonchev–Trinajstić information content (AvgIpc) is 2.45. The number of aryl methyl sites for hydroxylation is 1. The monoisotopic (exact) mass is 272 g/mol. The molecule has 0 radical (unpaired) electrons. The normalized spacial score (nSPS) is 10.3. The van der Waals surface area contributed by atoms with Gasteiger partial charge in [0.2, 0.25) is 0 Å². The second kappa shape index (κ2) is 6.14. The van der Waals surface area contributed by atoms with E-state index in [1.165, 1.54) is 7.11 Å². The van der Waals surface area contributed by atoms with E-state index in [1.54, 1.807) is 6.07 Å². The lowest BCUT2D eigenvalue weighted by atomic mass is 10.1. The molecule has 5 heteroatoms. The van der Waals surface area contributed by atoms with Crippen LogP contribution in [0.5, 0.6) is 0 Å². The maximum absolute atomic E-state index is 12.2. The van der Waals surface area contributed by atoms with Crippen molar-refractivity contribution >= 4 is 22.8 Å². The van der Waals surface area contributed by atoms with E-state index in [-0.39, 0.29) is 24.8 Å². The van der Waals surface area contributed by atoms with Crippen molar-refractivity contribution in [1.82, 2.24) is 10.3 Å². The number of benzene rings is 1. The Hall–Kier alpha value is -2.43. The van der Waals surface area contributed by atoms with Crippen LogP contribution in [0.4, 0.5) is 0 Å². The molecule has 0 aliphatic carbocycles. The third-order valence-electron chi connectivity index (χ3n) is 2.93. The molecule has 5 nitrogen and oxygen atoms in total. The van der Waals surface area contributed by atoms with Gasteiger partial charge < -0.3 is 10.1 Å². The molecule has 1 aromatic carbocycles. The molecular formula is C15H16N2O3. The quantitative estimate of drug-likeness (QED) is 0.862. The van der Waals surface area contributed by atoms with E-state index in [0.29, 0.717) is 5.56 Å². The Morgan fingerprint density at radius 2 is 2.05 bits per heavy atom. The van der Waals surface area contributed by atoms with Gasteiger partial charge in [-0.15, -0.1) is 0 Å². The summed E-state index contributed by atoms with van der Waals surface area (Å²) in [7, 11) is 1.32. The zero-order valence-electron chi connectivity index (χ0n) is 11.5. The first-order valence-corrected chi connectivity index (χ1v) is 6.33. The molecule has 20 heavy (non-hydrogen) atoms. The van der Waals surface area contributed by atoms with Gasteiger partial charge >= 0.3 is 5.97 Å². The summed E-state index contributed by atoms with van der Waals surface area (Å²) >= 11 is 0. The van der Waals surface area contributed by atoms with Gasteiger partial charge in [-0.3, -0.25) is 14.6 Å². The van der Waals surface area contributed by atoms with E-state index in [0.717, 1.165) is 16.6 Å². The van der Waals surface area contributed by atoms with Crippen molar-refractivity contribution in [3.63, 3.8) is 0 Å². The maximum Gasteiger partial charge on any atom is 0.307 e. The number of pyridine rings is 1. The van der Waals surface area contributed by atoms with Crippen LogP contribution in [0, 0.1) is 6.92 Å². The molecule has 0 aliphatic rings. The molecule has 0 saturated carbocycles. The van der Waals surface area contributed by atoms with Crippen LogP contribution in [-0.4, -0.2) is 30.5 Å². The lowest BCUT2D eigenvalue weighted by Crippen LogP contribution is -2.26. The lowest BCUT2D eigenvalue weighted by molar-refractivity contribution is -0.140. The largest absolute Gasteiger partial charge is 0.469 e. The number of fused-ring (bicyclic) bond motifs is 1. The zero-order chi connectivity index (χ0) is 14.5. The third kappa shape index (κ3) is 3.12. The topological polar surface area (TPSA) is 68.3 Å². The van der Waals surface area contributed by atoms with Crippen LogP contribution in [0.25, 0.3) is 10.9 Å². The van der Waals surface area contributed by atoms with Crippen molar-refractivity contribution < 1.29 is 14.3 Å². The average molecular weight is 272 g/mol. The van der Waals surface area contributed by atoms with Crippen LogP contribution in [-0.2, 0) is 9.53 Å². The van der Waals surface area contributed by atoms with Gasteiger partial charge in [0.25, 0.3) is 5.91 Å². The summed E-state index contributed by atoms with van der Waals surface area (Å²) < 4.78 is 4.53. The molecule has 2 aromatic rings. The fourth-order valence-corrected chi connectivity index (χ4v) is 1.97.